The topological polar surface area (TPSA) is 84.1 Å². The summed E-state index contributed by atoms with van der Waals surface area (Å²) in [6.45, 7) is 7.08. The van der Waals surface area contributed by atoms with Gasteiger partial charge in [0, 0.05) is 30.1 Å². The summed E-state index contributed by atoms with van der Waals surface area (Å²) in [4.78, 5) is 0. The number of allylic oxidation sites excluding steroid dienone is 7. The minimum atomic E-state index is -3.20. The molecule has 2 rings (SSSR count). The highest BCUT2D eigenvalue weighted by Crippen LogP contribution is 2.24. The van der Waals surface area contributed by atoms with Gasteiger partial charge in [0.1, 0.15) is 6.07 Å². The van der Waals surface area contributed by atoms with Gasteiger partial charge in [-0.3, -0.25) is 0 Å². The van der Waals surface area contributed by atoms with Gasteiger partial charge in [-0.2, -0.15) is 5.26 Å². The average molecular weight is 456 g/mol. The lowest BCUT2D eigenvalue weighted by molar-refractivity contribution is 0.286. The van der Waals surface area contributed by atoms with Crippen molar-refractivity contribution in [3.8, 4) is 6.07 Å². The molecule has 1 heterocycles. The molecular formula is C25H33N3O3S. The number of nitrogens with zero attached hydrogens (tertiary/aromatic N) is 2. The summed E-state index contributed by atoms with van der Waals surface area (Å²) in [5.41, 5.74) is 3.71. The van der Waals surface area contributed by atoms with E-state index in [9.17, 15) is 13.7 Å². The fourth-order valence-corrected chi connectivity index (χ4v) is 4.33. The molecule has 7 heteroatoms. The van der Waals surface area contributed by atoms with Crippen LogP contribution < -0.4 is 15.3 Å². The molecule has 1 N–H and O–H groups in total. The standard InChI is InChI=1S/C25H33N3O3S/c1-6-21(31-4)14-15-24-22(7-2)23(18-26)25(28(24)8-3)20-11-9-10-19(12-13-20)16-17-27-32(5,29)30/h6-7,9-10,12-13,15,27H,8,11,14,16-17H2,1-5H3/b21-6+,22-7-,24-15?. The molecule has 0 spiro atoms. The second-order valence-electron chi connectivity index (χ2n) is 7.49. The third-order valence-corrected chi connectivity index (χ3v) is 6.12. The predicted molar refractivity (Wildman–Crippen MR) is 131 cm³/mol. The van der Waals surface area contributed by atoms with Crippen LogP contribution in [0.4, 0.5) is 0 Å². The first-order chi connectivity index (χ1) is 15.3. The Bertz CT molecular complexity index is 1220. The van der Waals surface area contributed by atoms with Crippen LogP contribution in [0.3, 0.4) is 0 Å². The number of hydrogen-bond acceptors (Lipinski definition) is 4. The molecule has 0 aliphatic heterocycles. The smallest absolute Gasteiger partial charge is 0.208 e. The average Bonchev–Trinajstić information content (AvgIpc) is 2.88. The van der Waals surface area contributed by atoms with Gasteiger partial charge in [0.05, 0.1) is 30.4 Å². The molecule has 0 unspecified atom stereocenters. The van der Waals surface area contributed by atoms with Crippen molar-refractivity contribution in [1.82, 2.24) is 9.29 Å². The Labute approximate surface area is 191 Å². The lowest BCUT2D eigenvalue weighted by Gasteiger charge is -2.10. The van der Waals surface area contributed by atoms with Gasteiger partial charge in [-0.1, -0.05) is 36.5 Å². The van der Waals surface area contributed by atoms with Gasteiger partial charge < -0.3 is 9.30 Å². The Morgan fingerprint density at radius 2 is 2.09 bits per heavy atom. The molecule has 0 radical (unpaired) electrons. The van der Waals surface area contributed by atoms with Gasteiger partial charge in [0.15, 0.2) is 0 Å². The van der Waals surface area contributed by atoms with E-state index in [1.54, 1.807) is 7.11 Å². The van der Waals surface area contributed by atoms with Crippen molar-refractivity contribution < 1.29 is 13.2 Å². The zero-order chi connectivity index (χ0) is 23.7. The van der Waals surface area contributed by atoms with Crippen LogP contribution in [0.15, 0.2) is 41.7 Å². The normalized spacial score (nSPS) is 15.9. The molecule has 0 amide bonds. The Balaban J connectivity index is 2.54. The largest absolute Gasteiger partial charge is 0.501 e. The van der Waals surface area contributed by atoms with Crippen molar-refractivity contribution in [1.29, 1.82) is 5.26 Å². The number of nitriles is 1. The summed E-state index contributed by atoms with van der Waals surface area (Å²) in [6, 6.07) is 2.43. The van der Waals surface area contributed by atoms with Gasteiger partial charge in [-0.05, 0) is 50.8 Å². The molecule has 32 heavy (non-hydrogen) atoms. The lowest BCUT2D eigenvalue weighted by Crippen LogP contribution is -2.30. The molecule has 0 atom stereocenters. The van der Waals surface area contributed by atoms with Crippen LogP contribution in [0.1, 0.15) is 51.3 Å². The molecule has 0 bridgehead atoms. The molecule has 6 nitrogen and oxygen atoms in total. The van der Waals surface area contributed by atoms with E-state index in [0.717, 1.165) is 46.0 Å². The van der Waals surface area contributed by atoms with Crippen molar-refractivity contribution in [3.05, 3.63) is 63.5 Å². The van der Waals surface area contributed by atoms with Gasteiger partial charge in [0.2, 0.25) is 10.0 Å². The van der Waals surface area contributed by atoms with E-state index in [-0.39, 0.29) is 0 Å². The third kappa shape index (κ3) is 6.35. The highest BCUT2D eigenvalue weighted by Gasteiger charge is 2.17. The summed E-state index contributed by atoms with van der Waals surface area (Å²) in [7, 11) is -1.54. The molecule has 1 aliphatic carbocycles. The number of sulfonamides is 1. The number of hydrogen-bond donors (Lipinski definition) is 1. The van der Waals surface area contributed by atoms with Crippen molar-refractivity contribution in [3.63, 3.8) is 0 Å². The molecule has 1 aromatic heterocycles. The molecule has 0 saturated carbocycles. The van der Waals surface area contributed by atoms with Gasteiger partial charge in [-0.15, -0.1) is 0 Å². The molecular weight excluding hydrogens is 422 g/mol. The number of nitrogens with one attached hydrogen (secondary N) is 1. The van der Waals surface area contributed by atoms with Crippen LogP contribution in [0.5, 0.6) is 0 Å². The first-order valence-electron chi connectivity index (χ1n) is 10.8. The van der Waals surface area contributed by atoms with Gasteiger partial charge in [0.25, 0.3) is 0 Å². The fraction of sp³-hybridized carbons (Fsp3) is 0.400. The summed E-state index contributed by atoms with van der Waals surface area (Å²) >= 11 is 0. The van der Waals surface area contributed by atoms with Gasteiger partial charge >= 0.3 is 0 Å². The third-order valence-electron chi connectivity index (χ3n) is 5.39. The lowest BCUT2D eigenvalue weighted by atomic mass is 10.0. The Kier molecular flexibility index (Phi) is 9.30. The second kappa shape index (κ2) is 11.7. The first kappa shape index (κ1) is 25.4. The van der Waals surface area contributed by atoms with E-state index >= 15 is 0 Å². The van der Waals surface area contributed by atoms with Crippen LogP contribution in [0.25, 0.3) is 17.7 Å². The van der Waals surface area contributed by atoms with Gasteiger partial charge in [-0.25, -0.2) is 13.1 Å². The highest BCUT2D eigenvalue weighted by molar-refractivity contribution is 7.88. The molecule has 1 aromatic rings. The van der Waals surface area contributed by atoms with E-state index in [1.807, 2.05) is 44.2 Å². The zero-order valence-electron chi connectivity index (χ0n) is 19.6. The van der Waals surface area contributed by atoms with E-state index in [0.29, 0.717) is 31.4 Å². The van der Waals surface area contributed by atoms with E-state index in [1.165, 1.54) is 0 Å². The molecule has 1 aliphatic rings. The first-order valence-corrected chi connectivity index (χ1v) is 12.7. The minimum absolute atomic E-state index is 0.355. The number of rotatable bonds is 9. The SMILES string of the molecule is C/C=c1/c(C#N)c(C2=CC=C(CCNS(C)(=O)=O)C=CC2)n(CC)c1=CC/C(=C\C)OC. The molecule has 0 aromatic carbocycles. The quantitative estimate of drug-likeness (QED) is 0.580. The maximum atomic E-state index is 11.3. The van der Waals surface area contributed by atoms with Crippen molar-refractivity contribution >= 4 is 27.7 Å². The minimum Gasteiger partial charge on any atom is -0.501 e. The molecule has 0 fully saturated rings. The molecule has 172 valence electrons. The van der Waals surface area contributed by atoms with Crippen molar-refractivity contribution in [2.45, 2.75) is 46.6 Å². The van der Waals surface area contributed by atoms with Crippen LogP contribution in [-0.2, 0) is 21.3 Å². The number of methoxy groups -OCH3 is 1. The number of aromatic nitrogens is 1. The molecule has 0 saturated heterocycles. The fourth-order valence-electron chi connectivity index (χ4n) is 3.85. The number of ether oxygens (including phenoxy) is 1. The summed E-state index contributed by atoms with van der Waals surface area (Å²) < 4.78 is 32.7. The van der Waals surface area contributed by atoms with Crippen LogP contribution in [-0.4, -0.2) is 32.9 Å². The van der Waals surface area contributed by atoms with Crippen LogP contribution in [0, 0.1) is 11.3 Å². The maximum absolute atomic E-state index is 11.3. The summed E-state index contributed by atoms with van der Waals surface area (Å²) in [6.07, 6.45) is 17.3. The van der Waals surface area contributed by atoms with Crippen LogP contribution in [0.2, 0.25) is 0 Å². The maximum Gasteiger partial charge on any atom is 0.208 e. The summed E-state index contributed by atoms with van der Waals surface area (Å²) in [5.74, 6) is 0.878. The Morgan fingerprint density at radius 3 is 2.66 bits per heavy atom. The summed E-state index contributed by atoms with van der Waals surface area (Å²) in [5, 5.41) is 12.0. The monoisotopic (exact) mass is 455 g/mol. The van der Waals surface area contributed by atoms with Crippen molar-refractivity contribution in [2.24, 2.45) is 0 Å². The Morgan fingerprint density at radius 1 is 1.34 bits per heavy atom. The zero-order valence-corrected chi connectivity index (χ0v) is 20.4. The highest BCUT2D eigenvalue weighted by atomic mass is 32.2. The predicted octanol–water partition coefficient (Wildman–Crippen LogP) is 3.11. The van der Waals surface area contributed by atoms with E-state index in [4.69, 9.17) is 4.74 Å². The van der Waals surface area contributed by atoms with E-state index < -0.39 is 10.0 Å². The van der Waals surface area contributed by atoms with Crippen molar-refractivity contribution in [2.75, 3.05) is 19.9 Å². The van der Waals surface area contributed by atoms with Crippen LogP contribution >= 0.6 is 0 Å². The van der Waals surface area contributed by atoms with E-state index in [2.05, 4.69) is 34.4 Å². The Hall–Kier alpha value is -2.82. The second-order valence-corrected chi connectivity index (χ2v) is 9.32.